The Morgan fingerprint density at radius 3 is 1.12 bits per heavy atom. The van der Waals surface area contributed by atoms with E-state index in [1.54, 1.807) is 22.3 Å². The molecule has 0 saturated heterocycles. The fourth-order valence-corrected chi connectivity index (χ4v) is 4.72. The molecule has 0 nitrogen and oxygen atoms in total. The Morgan fingerprint density at radius 1 is 0.423 bits per heavy atom. The number of benzene rings is 2. The summed E-state index contributed by atoms with van der Waals surface area (Å²) < 4.78 is 0. The van der Waals surface area contributed by atoms with Crippen LogP contribution in [0.25, 0.3) is 11.1 Å². The predicted molar refractivity (Wildman–Crippen MR) is 113 cm³/mol. The molecular weight excluding hydrogens is 312 g/mol. The van der Waals surface area contributed by atoms with Crippen LogP contribution in [0.4, 0.5) is 0 Å². The van der Waals surface area contributed by atoms with E-state index in [1.807, 2.05) is 0 Å². The molecule has 26 heavy (non-hydrogen) atoms. The second kappa shape index (κ2) is 8.54. The third-order valence-electron chi connectivity index (χ3n) is 6.00. The predicted octanol–water partition coefficient (Wildman–Crippen LogP) is 7.82. The molecule has 134 valence electrons. The van der Waals surface area contributed by atoms with E-state index >= 15 is 0 Å². The lowest BCUT2D eigenvalue weighted by Crippen LogP contribution is -2.05. The standard InChI is InChI=1S/C26H30/c1-5-13-21(14-6-1)25(22-15-7-2-8-16-22)26(23-17-9-3-10-18-23)24-19-11-4-12-20-24/h1,3,5-6,9-10,13-14,17-18H,2,4,7-8,11-12,15-16,19-20H2. The first-order chi connectivity index (χ1) is 12.9. The fraction of sp³-hybridized carbons (Fsp3) is 0.385. The fourth-order valence-electron chi connectivity index (χ4n) is 4.72. The summed E-state index contributed by atoms with van der Waals surface area (Å²) in [5, 5.41) is 0. The van der Waals surface area contributed by atoms with Crippen LogP contribution in [-0.4, -0.2) is 0 Å². The molecule has 0 unspecified atom stereocenters. The van der Waals surface area contributed by atoms with Gasteiger partial charge in [0.2, 0.25) is 0 Å². The monoisotopic (exact) mass is 342 g/mol. The Morgan fingerprint density at radius 2 is 0.769 bits per heavy atom. The molecule has 2 aromatic carbocycles. The second-order valence-corrected chi connectivity index (χ2v) is 7.81. The van der Waals surface area contributed by atoms with Crippen LogP contribution in [0.5, 0.6) is 0 Å². The van der Waals surface area contributed by atoms with Crippen molar-refractivity contribution in [3.63, 3.8) is 0 Å². The van der Waals surface area contributed by atoms with E-state index in [2.05, 4.69) is 60.7 Å². The van der Waals surface area contributed by atoms with E-state index in [0.29, 0.717) is 0 Å². The van der Waals surface area contributed by atoms with Gasteiger partial charge >= 0.3 is 0 Å². The van der Waals surface area contributed by atoms with Gasteiger partial charge in [-0.05, 0) is 73.6 Å². The summed E-state index contributed by atoms with van der Waals surface area (Å²) in [5.41, 5.74) is 9.35. The minimum Gasteiger partial charge on any atom is -0.0622 e. The van der Waals surface area contributed by atoms with Crippen molar-refractivity contribution in [3.8, 4) is 0 Å². The lowest BCUT2D eigenvalue weighted by molar-refractivity contribution is 0.597. The summed E-state index contributed by atoms with van der Waals surface area (Å²) in [6.07, 6.45) is 13.3. The van der Waals surface area contributed by atoms with Crippen molar-refractivity contribution in [2.75, 3.05) is 0 Å². The summed E-state index contributed by atoms with van der Waals surface area (Å²) in [7, 11) is 0. The van der Waals surface area contributed by atoms with Crippen molar-refractivity contribution in [2.45, 2.75) is 64.2 Å². The number of hydrogen-bond acceptors (Lipinski definition) is 0. The van der Waals surface area contributed by atoms with E-state index < -0.39 is 0 Å². The molecule has 2 fully saturated rings. The first-order valence-electron chi connectivity index (χ1n) is 10.5. The first kappa shape index (κ1) is 17.3. The van der Waals surface area contributed by atoms with Crippen molar-refractivity contribution in [2.24, 2.45) is 0 Å². The average molecular weight is 343 g/mol. The van der Waals surface area contributed by atoms with Gasteiger partial charge in [0.05, 0.1) is 0 Å². The van der Waals surface area contributed by atoms with E-state index in [0.717, 1.165) is 0 Å². The van der Waals surface area contributed by atoms with Crippen molar-refractivity contribution >= 4 is 11.1 Å². The number of hydrogen-bond donors (Lipinski definition) is 0. The SMILES string of the molecule is c1ccc(C(=C2CCCCC2)C(=C2CCCCC2)c2ccccc2)cc1. The Bertz CT molecular complexity index is 692. The number of rotatable bonds is 3. The maximum absolute atomic E-state index is 2.32. The highest BCUT2D eigenvalue weighted by atomic mass is 14.3. The quantitative estimate of drug-likeness (QED) is 0.533. The van der Waals surface area contributed by atoms with Gasteiger partial charge in [-0.3, -0.25) is 0 Å². The molecule has 0 bridgehead atoms. The van der Waals surface area contributed by atoms with Gasteiger partial charge in [-0.1, -0.05) is 84.7 Å². The van der Waals surface area contributed by atoms with Crippen LogP contribution < -0.4 is 0 Å². The summed E-state index contributed by atoms with van der Waals surface area (Å²) in [6.45, 7) is 0. The van der Waals surface area contributed by atoms with Crippen LogP contribution >= 0.6 is 0 Å². The lowest BCUT2D eigenvalue weighted by atomic mass is 9.78. The van der Waals surface area contributed by atoms with Crippen LogP contribution in [-0.2, 0) is 0 Å². The molecule has 0 spiro atoms. The molecule has 0 N–H and O–H groups in total. The van der Waals surface area contributed by atoms with E-state index in [4.69, 9.17) is 0 Å². The van der Waals surface area contributed by atoms with Crippen LogP contribution in [0, 0.1) is 0 Å². The molecule has 0 atom stereocenters. The normalized spacial score (nSPS) is 17.8. The Labute approximate surface area is 158 Å². The van der Waals surface area contributed by atoms with Gasteiger partial charge in [0.15, 0.2) is 0 Å². The molecule has 2 aliphatic carbocycles. The summed E-state index contributed by atoms with van der Waals surface area (Å²) in [5.74, 6) is 0. The molecule has 0 aliphatic heterocycles. The molecule has 2 aromatic rings. The van der Waals surface area contributed by atoms with Crippen molar-refractivity contribution in [1.29, 1.82) is 0 Å². The Kier molecular flexibility index (Phi) is 5.69. The average Bonchev–Trinajstić information content (AvgIpc) is 2.74. The zero-order valence-corrected chi connectivity index (χ0v) is 15.8. The summed E-state index contributed by atoms with van der Waals surface area (Å²) in [6, 6.07) is 22.4. The zero-order chi connectivity index (χ0) is 17.6. The Hall–Kier alpha value is -2.08. The van der Waals surface area contributed by atoms with Gasteiger partial charge < -0.3 is 0 Å². The van der Waals surface area contributed by atoms with Crippen molar-refractivity contribution in [3.05, 3.63) is 82.9 Å². The van der Waals surface area contributed by atoms with Crippen LogP contribution in [0.3, 0.4) is 0 Å². The molecule has 0 amide bonds. The highest BCUT2D eigenvalue weighted by molar-refractivity contribution is 6.07. The largest absolute Gasteiger partial charge is 0.0622 e. The van der Waals surface area contributed by atoms with Gasteiger partial charge in [-0.2, -0.15) is 0 Å². The molecule has 0 heteroatoms. The van der Waals surface area contributed by atoms with Crippen LogP contribution in [0.2, 0.25) is 0 Å². The van der Waals surface area contributed by atoms with Crippen molar-refractivity contribution in [1.82, 2.24) is 0 Å². The summed E-state index contributed by atoms with van der Waals surface area (Å²) in [4.78, 5) is 0. The second-order valence-electron chi connectivity index (χ2n) is 7.81. The maximum Gasteiger partial charge on any atom is -0.0114 e. The highest BCUT2D eigenvalue weighted by Gasteiger charge is 2.21. The number of allylic oxidation sites excluding steroid dienone is 4. The van der Waals surface area contributed by atoms with E-state index in [1.165, 1.54) is 75.3 Å². The first-order valence-corrected chi connectivity index (χ1v) is 10.5. The summed E-state index contributed by atoms with van der Waals surface area (Å²) >= 11 is 0. The highest BCUT2D eigenvalue weighted by Crippen LogP contribution is 2.43. The van der Waals surface area contributed by atoms with Crippen LogP contribution in [0.15, 0.2) is 71.8 Å². The molecule has 2 saturated carbocycles. The molecule has 2 aliphatic rings. The smallest absolute Gasteiger partial charge is 0.0114 e. The Balaban J connectivity index is 1.93. The van der Waals surface area contributed by atoms with Crippen LogP contribution in [0.1, 0.15) is 75.3 Å². The van der Waals surface area contributed by atoms with Crippen molar-refractivity contribution < 1.29 is 0 Å². The van der Waals surface area contributed by atoms with Gasteiger partial charge in [0, 0.05) is 0 Å². The molecule has 4 rings (SSSR count). The van der Waals surface area contributed by atoms with Gasteiger partial charge in [-0.25, -0.2) is 0 Å². The van der Waals surface area contributed by atoms with Gasteiger partial charge in [0.1, 0.15) is 0 Å². The van der Waals surface area contributed by atoms with Gasteiger partial charge in [-0.15, -0.1) is 0 Å². The van der Waals surface area contributed by atoms with E-state index in [-0.39, 0.29) is 0 Å². The zero-order valence-electron chi connectivity index (χ0n) is 15.8. The minimum atomic E-state index is 1.27. The van der Waals surface area contributed by atoms with Gasteiger partial charge in [0.25, 0.3) is 0 Å². The minimum absolute atomic E-state index is 1.27. The van der Waals surface area contributed by atoms with E-state index in [9.17, 15) is 0 Å². The third-order valence-corrected chi connectivity index (χ3v) is 6.00. The molecule has 0 heterocycles. The third kappa shape index (κ3) is 3.85. The molecular formula is C26H30. The lowest BCUT2D eigenvalue weighted by Gasteiger charge is -2.26. The molecule has 0 radical (unpaired) electrons. The topological polar surface area (TPSA) is 0 Å². The maximum atomic E-state index is 2.32. The molecule has 0 aromatic heterocycles.